The number of nitrogens with zero attached hydrogens (tertiary/aromatic N) is 2. The van der Waals surface area contributed by atoms with Crippen LogP contribution in [0, 0.1) is 0 Å². The van der Waals surface area contributed by atoms with Crippen molar-refractivity contribution in [2.75, 3.05) is 26.2 Å². The highest BCUT2D eigenvalue weighted by molar-refractivity contribution is 5.17. The summed E-state index contributed by atoms with van der Waals surface area (Å²) in [5.74, 6) is 0. The Kier molecular flexibility index (Phi) is 3.80. The Morgan fingerprint density at radius 3 is 2.60 bits per heavy atom. The average Bonchev–Trinajstić information content (AvgIpc) is 2.32. The van der Waals surface area contributed by atoms with Crippen LogP contribution in [0.1, 0.15) is 5.56 Å². The lowest BCUT2D eigenvalue weighted by atomic mass is 10.1. The topological polar surface area (TPSA) is 17.3 Å². The van der Waals surface area contributed by atoms with Crippen LogP contribution in [0.15, 0.2) is 42.6 Å². The summed E-state index contributed by atoms with van der Waals surface area (Å²) in [5.41, 5.74) is 1.37. The molecule has 1 aromatic rings. The Bertz CT molecular complexity index is 300. The van der Waals surface area contributed by atoms with E-state index in [1.165, 1.54) is 5.56 Å². The van der Waals surface area contributed by atoms with Gasteiger partial charge in [-0.25, -0.2) is 5.32 Å². The van der Waals surface area contributed by atoms with E-state index < -0.39 is 0 Å². The molecule has 1 aliphatic rings. The molecule has 0 unspecified atom stereocenters. The van der Waals surface area contributed by atoms with Gasteiger partial charge in [-0.05, 0) is 18.2 Å². The fraction of sp³-hybridized carbons (Fsp3) is 0.385. The summed E-state index contributed by atoms with van der Waals surface area (Å²) >= 11 is 0. The first-order chi connectivity index (χ1) is 7.45. The van der Waals surface area contributed by atoms with Gasteiger partial charge in [-0.15, -0.1) is 0 Å². The van der Waals surface area contributed by atoms with Crippen LogP contribution in [-0.2, 0) is 6.42 Å². The molecule has 79 valence electrons. The van der Waals surface area contributed by atoms with E-state index in [-0.39, 0.29) is 0 Å². The van der Waals surface area contributed by atoms with Crippen molar-refractivity contribution in [2.45, 2.75) is 6.42 Å². The molecule has 15 heavy (non-hydrogen) atoms. The minimum absolute atomic E-state index is 0.982. The molecule has 0 bridgehead atoms. The standard InChI is InChI=1S/C13H17N2/c1-2-5-13(6-3-1)7-4-10-15-11-8-14-9-12-15/h1-6,10H,7-9,11-12H2/b10-4+. The van der Waals surface area contributed by atoms with E-state index >= 15 is 0 Å². The first kappa shape index (κ1) is 10.2. The molecular formula is C13H17N2. The van der Waals surface area contributed by atoms with Crippen molar-refractivity contribution < 1.29 is 0 Å². The highest BCUT2D eigenvalue weighted by Crippen LogP contribution is 2.01. The highest BCUT2D eigenvalue weighted by Gasteiger charge is 2.04. The molecular weight excluding hydrogens is 184 g/mol. The van der Waals surface area contributed by atoms with Crippen molar-refractivity contribution in [1.29, 1.82) is 0 Å². The predicted molar refractivity (Wildman–Crippen MR) is 62.7 cm³/mol. The summed E-state index contributed by atoms with van der Waals surface area (Å²) in [5, 5.41) is 4.32. The SMILES string of the molecule is C(=C\N1CC[N]CC1)/Cc1ccccc1. The molecule has 0 atom stereocenters. The van der Waals surface area contributed by atoms with E-state index in [9.17, 15) is 0 Å². The third kappa shape index (κ3) is 3.40. The predicted octanol–water partition coefficient (Wildman–Crippen LogP) is 1.66. The zero-order valence-corrected chi connectivity index (χ0v) is 8.97. The average molecular weight is 201 g/mol. The quantitative estimate of drug-likeness (QED) is 0.727. The maximum absolute atomic E-state index is 4.32. The third-order valence-electron chi connectivity index (χ3n) is 2.60. The highest BCUT2D eigenvalue weighted by atomic mass is 15.2. The van der Waals surface area contributed by atoms with Crippen molar-refractivity contribution >= 4 is 0 Å². The van der Waals surface area contributed by atoms with Gasteiger partial charge in [-0.3, -0.25) is 0 Å². The zero-order valence-electron chi connectivity index (χ0n) is 8.97. The van der Waals surface area contributed by atoms with Gasteiger partial charge in [0.2, 0.25) is 0 Å². The third-order valence-corrected chi connectivity index (χ3v) is 2.60. The first-order valence-electron chi connectivity index (χ1n) is 5.53. The lowest BCUT2D eigenvalue weighted by Gasteiger charge is -2.24. The van der Waals surface area contributed by atoms with Gasteiger partial charge in [0, 0.05) is 26.2 Å². The molecule has 0 aliphatic carbocycles. The lowest BCUT2D eigenvalue weighted by Crippen LogP contribution is -2.36. The van der Waals surface area contributed by atoms with E-state index in [0.717, 1.165) is 32.6 Å². The Hall–Kier alpha value is -1.28. The van der Waals surface area contributed by atoms with Crippen LogP contribution in [0.5, 0.6) is 0 Å². The molecule has 0 aromatic heterocycles. The maximum Gasteiger partial charge on any atom is 0.0314 e. The number of hydrogen-bond acceptors (Lipinski definition) is 1. The summed E-state index contributed by atoms with van der Waals surface area (Å²) in [7, 11) is 0. The Morgan fingerprint density at radius 2 is 1.87 bits per heavy atom. The number of allylic oxidation sites excluding steroid dienone is 1. The van der Waals surface area contributed by atoms with Crippen molar-refractivity contribution in [3.05, 3.63) is 48.2 Å². The van der Waals surface area contributed by atoms with Crippen molar-refractivity contribution in [3.63, 3.8) is 0 Å². The summed E-state index contributed by atoms with van der Waals surface area (Å²) in [6, 6.07) is 10.6. The van der Waals surface area contributed by atoms with E-state index in [2.05, 4.69) is 52.8 Å². The van der Waals surface area contributed by atoms with Crippen molar-refractivity contribution in [3.8, 4) is 0 Å². The van der Waals surface area contributed by atoms with Gasteiger partial charge in [-0.1, -0.05) is 36.4 Å². The van der Waals surface area contributed by atoms with Gasteiger partial charge in [0.05, 0.1) is 0 Å². The van der Waals surface area contributed by atoms with Crippen LogP contribution in [-0.4, -0.2) is 31.1 Å². The minimum atomic E-state index is 0.982. The Balaban J connectivity index is 1.79. The molecule has 0 N–H and O–H groups in total. The number of piperazine rings is 1. The van der Waals surface area contributed by atoms with Crippen LogP contribution in [0.3, 0.4) is 0 Å². The normalized spacial score (nSPS) is 17.2. The first-order valence-corrected chi connectivity index (χ1v) is 5.53. The second kappa shape index (κ2) is 5.56. The smallest absolute Gasteiger partial charge is 0.0314 e. The molecule has 0 amide bonds. The molecule has 1 heterocycles. The fourth-order valence-corrected chi connectivity index (χ4v) is 1.72. The number of rotatable bonds is 3. The Labute approximate surface area is 91.6 Å². The maximum atomic E-state index is 4.32. The minimum Gasteiger partial charge on any atom is -0.375 e. The number of hydrogen-bond donors (Lipinski definition) is 0. The molecule has 1 aromatic carbocycles. The molecule has 0 spiro atoms. The van der Waals surface area contributed by atoms with Crippen LogP contribution in [0.4, 0.5) is 0 Å². The molecule has 1 fully saturated rings. The second-order valence-electron chi connectivity index (χ2n) is 3.78. The summed E-state index contributed by atoms with van der Waals surface area (Å²) in [6.45, 7) is 4.11. The van der Waals surface area contributed by atoms with Gasteiger partial charge in [0.25, 0.3) is 0 Å². The lowest BCUT2D eigenvalue weighted by molar-refractivity contribution is 0.320. The monoisotopic (exact) mass is 201 g/mol. The summed E-state index contributed by atoms with van der Waals surface area (Å²) < 4.78 is 0. The van der Waals surface area contributed by atoms with Crippen LogP contribution < -0.4 is 5.32 Å². The van der Waals surface area contributed by atoms with E-state index in [1.54, 1.807) is 0 Å². The van der Waals surface area contributed by atoms with E-state index in [0.29, 0.717) is 0 Å². The molecule has 2 nitrogen and oxygen atoms in total. The van der Waals surface area contributed by atoms with E-state index in [4.69, 9.17) is 0 Å². The zero-order chi connectivity index (χ0) is 10.3. The largest absolute Gasteiger partial charge is 0.375 e. The fourth-order valence-electron chi connectivity index (χ4n) is 1.72. The van der Waals surface area contributed by atoms with Gasteiger partial charge < -0.3 is 4.90 Å². The van der Waals surface area contributed by atoms with Crippen molar-refractivity contribution in [2.24, 2.45) is 0 Å². The van der Waals surface area contributed by atoms with Crippen LogP contribution >= 0.6 is 0 Å². The number of benzene rings is 1. The second-order valence-corrected chi connectivity index (χ2v) is 3.78. The van der Waals surface area contributed by atoms with Crippen LogP contribution in [0.25, 0.3) is 0 Å². The molecule has 1 aliphatic heterocycles. The molecule has 1 radical (unpaired) electrons. The Morgan fingerprint density at radius 1 is 1.13 bits per heavy atom. The van der Waals surface area contributed by atoms with Gasteiger partial charge in [0.1, 0.15) is 0 Å². The molecule has 0 saturated carbocycles. The van der Waals surface area contributed by atoms with Gasteiger partial charge in [0.15, 0.2) is 0 Å². The molecule has 2 heteroatoms. The van der Waals surface area contributed by atoms with Crippen molar-refractivity contribution in [1.82, 2.24) is 10.2 Å². The molecule has 1 saturated heterocycles. The molecule has 2 rings (SSSR count). The summed E-state index contributed by atoms with van der Waals surface area (Å²) in [6.07, 6.45) is 5.47. The van der Waals surface area contributed by atoms with Gasteiger partial charge in [-0.2, -0.15) is 0 Å². The van der Waals surface area contributed by atoms with Gasteiger partial charge >= 0.3 is 0 Å². The van der Waals surface area contributed by atoms with E-state index in [1.807, 2.05) is 0 Å². The van der Waals surface area contributed by atoms with Crippen LogP contribution in [0.2, 0.25) is 0 Å². The summed E-state index contributed by atoms with van der Waals surface area (Å²) in [4.78, 5) is 2.34.